The van der Waals surface area contributed by atoms with Crippen LogP contribution in [0.4, 0.5) is 0 Å². The molecule has 0 aromatic heterocycles. The van der Waals surface area contributed by atoms with Crippen LogP contribution in [0.25, 0.3) is 0 Å². The molecular formula is C13H26N2. The fourth-order valence-electron chi connectivity index (χ4n) is 2.84. The number of hydrogen-bond donors (Lipinski definition) is 1. The van der Waals surface area contributed by atoms with Gasteiger partial charge in [0, 0.05) is 31.7 Å². The van der Waals surface area contributed by atoms with Gasteiger partial charge in [0.05, 0.1) is 0 Å². The summed E-state index contributed by atoms with van der Waals surface area (Å²) in [6.45, 7) is 10.8. The Morgan fingerprint density at radius 3 is 2.73 bits per heavy atom. The van der Waals surface area contributed by atoms with E-state index in [1.807, 2.05) is 0 Å². The zero-order valence-electron chi connectivity index (χ0n) is 10.5. The molecule has 1 aliphatic carbocycles. The molecule has 1 N–H and O–H groups in total. The Bertz CT molecular complexity index is 201. The fraction of sp³-hybridized carbons (Fsp3) is 1.00. The van der Waals surface area contributed by atoms with Crippen molar-refractivity contribution < 1.29 is 0 Å². The van der Waals surface area contributed by atoms with Crippen molar-refractivity contribution in [3.8, 4) is 0 Å². The van der Waals surface area contributed by atoms with E-state index in [0.29, 0.717) is 6.04 Å². The number of nitrogens with one attached hydrogen (secondary N) is 1. The average Bonchev–Trinajstić information content (AvgIpc) is 3.01. The van der Waals surface area contributed by atoms with Gasteiger partial charge >= 0.3 is 0 Å². The first-order valence-corrected chi connectivity index (χ1v) is 6.68. The molecule has 0 spiro atoms. The summed E-state index contributed by atoms with van der Waals surface area (Å²) in [5.41, 5.74) is 0. The first kappa shape index (κ1) is 11.4. The monoisotopic (exact) mass is 210 g/mol. The lowest BCUT2D eigenvalue weighted by molar-refractivity contribution is 0.110. The highest BCUT2D eigenvalue weighted by molar-refractivity contribution is 4.87. The van der Waals surface area contributed by atoms with Crippen molar-refractivity contribution in [3.05, 3.63) is 0 Å². The number of piperazine rings is 1. The molecule has 3 atom stereocenters. The predicted octanol–water partition coefficient (Wildman–Crippen LogP) is 2.10. The van der Waals surface area contributed by atoms with Gasteiger partial charge in [-0.15, -0.1) is 0 Å². The maximum absolute atomic E-state index is 3.59. The second-order valence-corrected chi connectivity index (χ2v) is 5.64. The molecule has 1 aliphatic heterocycles. The first-order chi connectivity index (χ1) is 7.20. The summed E-state index contributed by atoms with van der Waals surface area (Å²) < 4.78 is 0. The second-order valence-electron chi connectivity index (χ2n) is 5.64. The Hall–Kier alpha value is -0.0800. The van der Waals surface area contributed by atoms with Gasteiger partial charge in [-0.25, -0.2) is 0 Å². The standard InChI is InChI=1S/C13H26N2/c1-4-13-7-14-11(3)9-15(13)8-10(2)12-5-6-12/h10-14H,4-9H2,1-3H3. The second kappa shape index (κ2) is 4.84. The molecule has 2 nitrogen and oxygen atoms in total. The summed E-state index contributed by atoms with van der Waals surface area (Å²) in [4.78, 5) is 2.73. The molecule has 3 unspecified atom stereocenters. The summed E-state index contributed by atoms with van der Waals surface area (Å²) >= 11 is 0. The smallest absolute Gasteiger partial charge is 0.0218 e. The van der Waals surface area contributed by atoms with Crippen LogP contribution in [0.2, 0.25) is 0 Å². The van der Waals surface area contributed by atoms with Crippen LogP contribution in [0, 0.1) is 11.8 Å². The molecule has 88 valence electrons. The Morgan fingerprint density at radius 2 is 2.13 bits per heavy atom. The summed E-state index contributed by atoms with van der Waals surface area (Å²) in [6.07, 6.45) is 4.26. The lowest BCUT2D eigenvalue weighted by atomic mass is 10.0. The SMILES string of the molecule is CCC1CNC(C)CN1CC(C)C1CC1. The third kappa shape index (κ3) is 2.94. The quantitative estimate of drug-likeness (QED) is 0.764. The van der Waals surface area contributed by atoms with Gasteiger partial charge in [-0.1, -0.05) is 13.8 Å². The minimum absolute atomic E-state index is 0.680. The molecule has 2 aliphatic rings. The highest BCUT2D eigenvalue weighted by atomic mass is 15.2. The van der Waals surface area contributed by atoms with Crippen molar-refractivity contribution in [2.45, 2.75) is 52.1 Å². The van der Waals surface area contributed by atoms with E-state index < -0.39 is 0 Å². The van der Waals surface area contributed by atoms with Crippen LogP contribution in [-0.2, 0) is 0 Å². The van der Waals surface area contributed by atoms with Crippen LogP contribution in [0.3, 0.4) is 0 Å². The van der Waals surface area contributed by atoms with Crippen LogP contribution in [0.1, 0.15) is 40.0 Å². The van der Waals surface area contributed by atoms with Crippen LogP contribution in [0.5, 0.6) is 0 Å². The number of hydrogen-bond acceptors (Lipinski definition) is 2. The van der Waals surface area contributed by atoms with E-state index in [9.17, 15) is 0 Å². The van der Waals surface area contributed by atoms with Crippen molar-refractivity contribution in [3.63, 3.8) is 0 Å². The minimum atomic E-state index is 0.680. The van der Waals surface area contributed by atoms with E-state index in [2.05, 4.69) is 31.0 Å². The molecule has 0 aromatic rings. The molecule has 1 saturated carbocycles. The number of nitrogens with zero attached hydrogens (tertiary/aromatic N) is 1. The van der Waals surface area contributed by atoms with Crippen LogP contribution in [-0.4, -0.2) is 36.6 Å². The van der Waals surface area contributed by atoms with Gasteiger partial charge in [0.25, 0.3) is 0 Å². The minimum Gasteiger partial charge on any atom is -0.311 e. The van der Waals surface area contributed by atoms with Gasteiger partial charge in [-0.3, -0.25) is 4.90 Å². The van der Waals surface area contributed by atoms with Gasteiger partial charge in [0.15, 0.2) is 0 Å². The van der Waals surface area contributed by atoms with Crippen molar-refractivity contribution in [1.29, 1.82) is 0 Å². The lowest BCUT2D eigenvalue weighted by Gasteiger charge is -2.40. The van der Waals surface area contributed by atoms with Crippen molar-refractivity contribution in [2.75, 3.05) is 19.6 Å². The summed E-state index contributed by atoms with van der Waals surface area (Å²) in [5.74, 6) is 1.97. The van der Waals surface area contributed by atoms with E-state index in [4.69, 9.17) is 0 Å². The van der Waals surface area contributed by atoms with Crippen LogP contribution >= 0.6 is 0 Å². The van der Waals surface area contributed by atoms with Crippen molar-refractivity contribution in [2.24, 2.45) is 11.8 Å². The van der Waals surface area contributed by atoms with Gasteiger partial charge < -0.3 is 5.32 Å². The third-order valence-corrected chi connectivity index (χ3v) is 4.15. The molecule has 2 heteroatoms. The van der Waals surface area contributed by atoms with E-state index in [-0.39, 0.29) is 0 Å². The van der Waals surface area contributed by atoms with E-state index in [0.717, 1.165) is 17.9 Å². The summed E-state index contributed by atoms with van der Waals surface area (Å²) in [6, 6.07) is 1.46. The largest absolute Gasteiger partial charge is 0.311 e. The van der Waals surface area contributed by atoms with Crippen molar-refractivity contribution in [1.82, 2.24) is 10.2 Å². The molecule has 0 radical (unpaired) electrons. The Morgan fingerprint density at radius 1 is 1.40 bits per heavy atom. The Labute approximate surface area is 94.4 Å². The normalized spacial score (nSPS) is 35.4. The predicted molar refractivity (Wildman–Crippen MR) is 65.0 cm³/mol. The van der Waals surface area contributed by atoms with Gasteiger partial charge in [0.2, 0.25) is 0 Å². The highest BCUT2D eigenvalue weighted by Crippen LogP contribution is 2.37. The van der Waals surface area contributed by atoms with Gasteiger partial charge in [-0.2, -0.15) is 0 Å². The molecule has 1 heterocycles. The molecule has 0 bridgehead atoms. The molecular weight excluding hydrogens is 184 g/mol. The maximum atomic E-state index is 3.59. The van der Waals surface area contributed by atoms with E-state index in [1.54, 1.807) is 0 Å². The molecule has 2 fully saturated rings. The fourth-order valence-corrected chi connectivity index (χ4v) is 2.84. The Kier molecular flexibility index (Phi) is 3.68. The maximum Gasteiger partial charge on any atom is 0.0218 e. The Balaban J connectivity index is 1.85. The molecule has 0 amide bonds. The van der Waals surface area contributed by atoms with Crippen molar-refractivity contribution >= 4 is 0 Å². The lowest BCUT2D eigenvalue weighted by Crippen LogP contribution is -2.56. The topological polar surface area (TPSA) is 15.3 Å². The van der Waals surface area contributed by atoms with E-state index >= 15 is 0 Å². The average molecular weight is 210 g/mol. The number of rotatable bonds is 4. The first-order valence-electron chi connectivity index (χ1n) is 6.68. The zero-order chi connectivity index (χ0) is 10.8. The van der Waals surface area contributed by atoms with Gasteiger partial charge in [0.1, 0.15) is 0 Å². The molecule has 0 aromatic carbocycles. The summed E-state index contributed by atoms with van der Waals surface area (Å²) in [5, 5.41) is 3.59. The van der Waals surface area contributed by atoms with Crippen LogP contribution < -0.4 is 5.32 Å². The third-order valence-electron chi connectivity index (χ3n) is 4.15. The molecule has 2 rings (SSSR count). The van der Waals surface area contributed by atoms with E-state index in [1.165, 1.54) is 38.9 Å². The summed E-state index contributed by atoms with van der Waals surface area (Å²) in [7, 11) is 0. The highest BCUT2D eigenvalue weighted by Gasteiger charge is 2.32. The molecule has 15 heavy (non-hydrogen) atoms. The van der Waals surface area contributed by atoms with Crippen LogP contribution in [0.15, 0.2) is 0 Å². The zero-order valence-corrected chi connectivity index (χ0v) is 10.5. The molecule has 1 saturated heterocycles. The van der Waals surface area contributed by atoms with Gasteiger partial charge in [-0.05, 0) is 38.0 Å².